The average Bonchev–Trinajstić information content (AvgIpc) is 2.67. The molecule has 1 N–H and O–H groups in total. The number of nitro benzene ring substituents is 1. The molecule has 0 bridgehead atoms. The number of carbonyl (C=O) groups is 1. The predicted octanol–water partition coefficient (Wildman–Crippen LogP) is 1.45. The smallest absolute Gasteiger partial charge is 0.276 e. The van der Waals surface area contributed by atoms with E-state index in [1.165, 1.54) is 10.7 Å². The minimum atomic E-state index is -0.777. The van der Waals surface area contributed by atoms with Crippen LogP contribution in [0.3, 0.4) is 0 Å². The molecular weight excluding hydrogens is 364 g/mol. The van der Waals surface area contributed by atoms with Gasteiger partial charge in [0.2, 0.25) is 5.43 Å². The van der Waals surface area contributed by atoms with Crippen LogP contribution >= 0.6 is 0 Å². The molecule has 0 aliphatic heterocycles. The van der Waals surface area contributed by atoms with E-state index >= 15 is 0 Å². The van der Waals surface area contributed by atoms with Gasteiger partial charge in [0, 0.05) is 30.4 Å². The van der Waals surface area contributed by atoms with Gasteiger partial charge in [-0.2, -0.15) is 5.10 Å². The SMILES string of the molecule is Cc1cc(=O)c(C(=O)NCc2cc([N+](=O)[O-])ccc2[O-])nn1-c1ccccc1. The van der Waals surface area contributed by atoms with Crippen molar-refractivity contribution in [1.82, 2.24) is 15.1 Å². The van der Waals surface area contributed by atoms with Crippen LogP contribution in [0.1, 0.15) is 21.7 Å². The number of para-hydroxylation sites is 1. The van der Waals surface area contributed by atoms with E-state index in [-0.39, 0.29) is 23.5 Å². The van der Waals surface area contributed by atoms with Crippen LogP contribution in [0.15, 0.2) is 59.4 Å². The van der Waals surface area contributed by atoms with Crippen LogP contribution in [0.5, 0.6) is 5.75 Å². The molecule has 0 fully saturated rings. The summed E-state index contributed by atoms with van der Waals surface area (Å²) >= 11 is 0. The van der Waals surface area contributed by atoms with Gasteiger partial charge < -0.3 is 10.4 Å². The lowest BCUT2D eigenvalue weighted by atomic mass is 10.1. The first-order chi connectivity index (χ1) is 13.4. The van der Waals surface area contributed by atoms with E-state index in [4.69, 9.17) is 0 Å². The average molecular weight is 379 g/mol. The topological polar surface area (TPSA) is 130 Å². The number of hydrogen-bond donors (Lipinski definition) is 1. The molecule has 0 atom stereocenters. The largest absolute Gasteiger partial charge is 0.872 e. The molecule has 9 heteroatoms. The Hall–Kier alpha value is -4.01. The van der Waals surface area contributed by atoms with Gasteiger partial charge in [-0.15, -0.1) is 5.75 Å². The van der Waals surface area contributed by atoms with Crippen molar-refractivity contribution in [3.05, 3.63) is 91.9 Å². The van der Waals surface area contributed by atoms with Gasteiger partial charge in [0.1, 0.15) is 0 Å². The first-order valence-corrected chi connectivity index (χ1v) is 8.26. The molecule has 28 heavy (non-hydrogen) atoms. The molecule has 9 nitrogen and oxygen atoms in total. The van der Waals surface area contributed by atoms with Crippen molar-refractivity contribution >= 4 is 11.6 Å². The number of nitrogens with zero attached hydrogens (tertiary/aromatic N) is 3. The highest BCUT2D eigenvalue weighted by Crippen LogP contribution is 2.20. The molecule has 142 valence electrons. The second kappa shape index (κ2) is 7.70. The van der Waals surface area contributed by atoms with Gasteiger partial charge in [0.25, 0.3) is 11.6 Å². The minimum Gasteiger partial charge on any atom is -0.872 e. The van der Waals surface area contributed by atoms with Crippen molar-refractivity contribution in [3.63, 3.8) is 0 Å². The Labute approximate surface area is 159 Å². The van der Waals surface area contributed by atoms with Gasteiger partial charge in [0.05, 0.1) is 10.6 Å². The zero-order chi connectivity index (χ0) is 20.3. The number of amides is 1. The quantitative estimate of drug-likeness (QED) is 0.527. The van der Waals surface area contributed by atoms with Crippen LogP contribution in [-0.2, 0) is 6.54 Å². The van der Waals surface area contributed by atoms with Crippen LogP contribution < -0.4 is 15.9 Å². The highest BCUT2D eigenvalue weighted by atomic mass is 16.6. The van der Waals surface area contributed by atoms with Gasteiger partial charge >= 0.3 is 0 Å². The number of aromatic nitrogens is 2. The fourth-order valence-electron chi connectivity index (χ4n) is 2.61. The number of non-ortho nitro benzene ring substituents is 1. The Morgan fingerprint density at radius 1 is 1.18 bits per heavy atom. The molecule has 1 heterocycles. The van der Waals surface area contributed by atoms with E-state index in [2.05, 4.69) is 10.4 Å². The van der Waals surface area contributed by atoms with Gasteiger partial charge in [-0.3, -0.25) is 19.7 Å². The van der Waals surface area contributed by atoms with E-state index in [1.807, 2.05) is 6.07 Å². The second-order valence-corrected chi connectivity index (χ2v) is 5.98. The molecule has 1 aromatic heterocycles. The predicted molar refractivity (Wildman–Crippen MR) is 98.3 cm³/mol. The van der Waals surface area contributed by atoms with Crippen LogP contribution in [-0.4, -0.2) is 20.6 Å². The summed E-state index contributed by atoms with van der Waals surface area (Å²) in [5.41, 5.74) is 0.0977. The van der Waals surface area contributed by atoms with Crippen LogP contribution in [0.4, 0.5) is 5.69 Å². The van der Waals surface area contributed by atoms with E-state index in [9.17, 15) is 24.8 Å². The van der Waals surface area contributed by atoms with E-state index in [0.29, 0.717) is 11.4 Å². The maximum Gasteiger partial charge on any atom is 0.276 e. The van der Waals surface area contributed by atoms with Crippen molar-refractivity contribution < 1.29 is 14.8 Å². The molecule has 2 aromatic carbocycles. The van der Waals surface area contributed by atoms with Crippen molar-refractivity contribution in [2.75, 3.05) is 0 Å². The maximum atomic E-state index is 12.4. The van der Waals surface area contributed by atoms with E-state index in [1.54, 1.807) is 31.2 Å². The lowest BCUT2D eigenvalue weighted by Gasteiger charge is -2.14. The van der Waals surface area contributed by atoms with Crippen LogP contribution in [0, 0.1) is 17.0 Å². The summed E-state index contributed by atoms with van der Waals surface area (Å²) in [6, 6.07) is 13.5. The Morgan fingerprint density at radius 3 is 2.57 bits per heavy atom. The molecule has 0 aliphatic rings. The number of carbonyl (C=O) groups excluding carboxylic acids is 1. The first kappa shape index (κ1) is 18.8. The second-order valence-electron chi connectivity index (χ2n) is 5.98. The number of nitro groups is 1. The van der Waals surface area contributed by atoms with Crippen LogP contribution in [0.2, 0.25) is 0 Å². The summed E-state index contributed by atoms with van der Waals surface area (Å²) < 4.78 is 1.46. The lowest BCUT2D eigenvalue weighted by Crippen LogP contribution is -2.31. The third kappa shape index (κ3) is 3.88. The monoisotopic (exact) mass is 379 g/mol. The Bertz CT molecular complexity index is 1110. The lowest BCUT2D eigenvalue weighted by molar-refractivity contribution is -0.385. The molecule has 3 rings (SSSR count). The number of hydrogen-bond acceptors (Lipinski definition) is 6. The summed E-state index contributed by atoms with van der Waals surface area (Å²) in [4.78, 5) is 34.8. The molecule has 0 radical (unpaired) electrons. The molecule has 0 saturated carbocycles. The number of benzene rings is 2. The number of aryl methyl sites for hydroxylation is 1. The molecular formula is C19H15N4O5-. The van der Waals surface area contributed by atoms with E-state index < -0.39 is 22.0 Å². The Morgan fingerprint density at radius 2 is 1.89 bits per heavy atom. The normalized spacial score (nSPS) is 10.5. The molecule has 0 unspecified atom stereocenters. The van der Waals surface area contributed by atoms with Gasteiger partial charge in [0.15, 0.2) is 5.69 Å². The van der Waals surface area contributed by atoms with Gasteiger partial charge in [-0.25, -0.2) is 4.68 Å². The Kier molecular flexibility index (Phi) is 5.16. The van der Waals surface area contributed by atoms with E-state index in [0.717, 1.165) is 18.2 Å². The molecule has 0 aliphatic carbocycles. The van der Waals surface area contributed by atoms with Crippen LogP contribution in [0.25, 0.3) is 5.69 Å². The summed E-state index contributed by atoms with van der Waals surface area (Å²) in [7, 11) is 0. The standard InChI is InChI=1S/C19H16N4O5/c1-12-9-17(25)18(21-22(12)14-5-3-2-4-6-14)19(26)20-11-13-10-15(23(27)28)7-8-16(13)24/h2-10,24H,11H2,1H3,(H,20,26)/p-1. The molecule has 1 amide bonds. The van der Waals surface area contributed by atoms with Crippen molar-refractivity contribution in [1.29, 1.82) is 0 Å². The Balaban J connectivity index is 1.87. The minimum absolute atomic E-state index is 0.0399. The summed E-state index contributed by atoms with van der Waals surface area (Å²) in [6.07, 6.45) is 0. The zero-order valence-corrected chi connectivity index (χ0v) is 14.8. The maximum absolute atomic E-state index is 12.4. The number of rotatable bonds is 5. The first-order valence-electron chi connectivity index (χ1n) is 8.26. The summed E-state index contributed by atoms with van der Waals surface area (Å²) in [5.74, 6) is -1.23. The third-order valence-corrected chi connectivity index (χ3v) is 4.02. The van der Waals surface area contributed by atoms with Crippen molar-refractivity contribution in [3.8, 4) is 11.4 Å². The fourth-order valence-corrected chi connectivity index (χ4v) is 2.61. The zero-order valence-electron chi connectivity index (χ0n) is 14.8. The highest BCUT2D eigenvalue weighted by Gasteiger charge is 2.16. The molecule has 0 spiro atoms. The molecule has 0 saturated heterocycles. The van der Waals surface area contributed by atoms with Crippen molar-refractivity contribution in [2.45, 2.75) is 13.5 Å². The molecule has 3 aromatic rings. The van der Waals surface area contributed by atoms with Gasteiger partial charge in [-0.05, 0) is 24.6 Å². The number of nitrogens with one attached hydrogen (secondary N) is 1. The third-order valence-electron chi connectivity index (χ3n) is 4.02. The summed E-state index contributed by atoms with van der Waals surface area (Å²) in [6.45, 7) is 1.43. The van der Waals surface area contributed by atoms with Crippen molar-refractivity contribution in [2.24, 2.45) is 0 Å². The van der Waals surface area contributed by atoms with Gasteiger partial charge in [-0.1, -0.05) is 24.3 Å². The highest BCUT2D eigenvalue weighted by molar-refractivity contribution is 5.92. The fraction of sp³-hybridized carbons (Fsp3) is 0.105. The summed E-state index contributed by atoms with van der Waals surface area (Å²) in [5, 5.41) is 29.2.